The van der Waals surface area contributed by atoms with E-state index >= 15 is 0 Å². The molecule has 0 unspecified atom stereocenters. The molecule has 1 saturated heterocycles. The van der Waals surface area contributed by atoms with Crippen molar-refractivity contribution in [3.63, 3.8) is 0 Å². The van der Waals surface area contributed by atoms with Crippen molar-refractivity contribution in [1.29, 1.82) is 0 Å². The average Bonchev–Trinajstić information content (AvgIpc) is 4.00. The van der Waals surface area contributed by atoms with Crippen molar-refractivity contribution in [1.82, 2.24) is 24.9 Å². The van der Waals surface area contributed by atoms with Crippen LogP contribution >= 0.6 is 11.6 Å². The number of aryl methyl sites for hydroxylation is 1. The molecule has 1 aliphatic heterocycles. The number of sulfonamides is 1. The molecule has 2 aromatic heterocycles. The Kier molecular flexibility index (Phi) is 9.70. The summed E-state index contributed by atoms with van der Waals surface area (Å²) in [4.78, 5) is 52.7. The van der Waals surface area contributed by atoms with Crippen LogP contribution in [0.15, 0.2) is 55.4 Å². The summed E-state index contributed by atoms with van der Waals surface area (Å²) >= 11 is 6.34. The van der Waals surface area contributed by atoms with E-state index in [9.17, 15) is 22.8 Å². The van der Waals surface area contributed by atoms with Gasteiger partial charge in [0.05, 0.1) is 37.0 Å². The van der Waals surface area contributed by atoms with E-state index in [1.54, 1.807) is 24.4 Å². The van der Waals surface area contributed by atoms with Crippen LogP contribution in [0.1, 0.15) is 52.1 Å². The van der Waals surface area contributed by atoms with E-state index < -0.39 is 62.1 Å². The van der Waals surface area contributed by atoms with E-state index in [2.05, 4.69) is 31.9 Å². The predicted molar refractivity (Wildman–Crippen MR) is 193 cm³/mol. The molecule has 3 fully saturated rings. The van der Waals surface area contributed by atoms with E-state index in [1.807, 2.05) is 39.8 Å². The van der Waals surface area contributed by atoms with Crippen LogP contribution in [0.25, 0.3) is 10.8 Å². The Morgan fingerprint density at radius 3 is 2.47 bits per heavy atom. The number of carbonyl (C=O) groups excluding carboxylic acids is 3. The number of aromatic nitrogens is 2. The standard InChI is InChI=1S/C36H43ClN6O7S/c1-7-21-16-36(21,34(46)42-51(47,48)25-11-12-25)41-31(44)28-15-24(50-32-27-14-22(37)9-13-26(27)29(49-6)18-39-32)19-43(28)33(45)30(35(3,4)5)40-23-10-8-20(2)38-17-23/h7-10,13-14,17-18,21,24-25,28,30,40H,1,11-12,15-16,19H2,2-6H3,(H,41,44)(H,42,46)/t21-,24-,28+,30-,36-/m1/s1. The van der Waals surface area contributed by atoms with Gasteiger partial charge in [-0.3, -0.25) is 24.1 Å². The fraction of sp³-hybridized carbons (Fsp3) is 0.472. The first-order valence-corrected chi connectivity index (χ1v) is 18.8. The van der Waals surface area contributed by atoms with Gasteiger partial charge in [0.15, 0.2) is 0 Å². The number of carbonyl (C=O) groups is 3. The number of likely N-dealkylation sites (tertiary alicyclic amines) is 1. The maximum absolute atomic E-state index is 14.6. The first kappa shape index (κ1) is 36.4. The number of pyridine rings is 2. The number of fused-ring (bicyclic) bond motifs is 1. The Morgan fingerprint density at radius 1 is 1.12 bits per heavy atom. The zero-order valence-corrected chi connectivity index (χ0v) is 30.8. The van der Waals surface area contributed by atoms with Crippen LogP contribution in [0.5, 0.6) is 11.6 Å². The Hall–Kier alpha value is -4.43. The fourth-order valence-electron chi connectivity index (χ4n) is 6.51. The molecule has 0 radical (unpaired) electrons. The third-order valence-electron chi connectivity index (χ3n) is 9.71. The van der Waals surface area contributed by atoms with E-state index in [0.29, 0.717) is 40.1 Å². The number of hydrogen-bond acceptors (Lipinski definition) is 10. The molecule has 2 aliphatic carbocycles. The Balaban J connectivity index is 1.32. The number of nitrogens with zero attached hydrogens (tertiary/aromatic N) is 3. The minimum atomic E-state index is -3.88. The summed E-state index contributed by atoms with van der Waals surface area (Å²) in [7, 11) is -2.34. The molecule has 272 valence electrons. The zero-order chi connectivity index (χ0) is 36.9. The maximum Gasteiger partial charge on any atom is 0.259 e. The summed E-state index contributed by atoms with van der Waals surface area (Å²) in [6, 6.07) is 7.03. The van der Waals surface area contributed by atoms with Gasteiger partial charge in [0.2, 0.25) is 27.7 Å². The second kappa shape index (κ2) is 13.6. The Bertz CT molecular complexity index is 1980. The number of methoxy groups -OCH3 is 1. The molecule has 13 nitrogen and oxygen atoms in total. The third kappa shape index (κ3) is 7.48. The minimum absolute atomic E-state index is 0.0211. The van der Waals surface area contributed by atoms with Crippen molar-refractivity contribution in [2.24, 2.45) is 11.3 Å². The Morgan fingerprint density at radius 2 is 1.86 bits per heavy atom. The average molecular weight is 739 g/mol. The van der Waals surface area contributed by atoms with Gasteiger partial charge in [-0.2, -0.15) is 0 Å². The highest BCUT2D eigenvalue weighted by molar-refractivity contribution is 7.91. The molecule has 2 saturated carbocycles. The molecule has 3 amide bonds. The first-order chi connectivity index (χ1) is 24.1. The molecule has 3 aliphatic rings. The summed E-state index contributed by atoms with van der Waals surface area (Å²) in [6.45, 7) is 11.4. The van der Waals surface area contributed by atoms with Crippen LogP contribution < -0.4 is 24.8 Å². The second-order valence-electron chi connectivity index (χ2n) is 14.6. The lowest BCUT2D eigenvalue weighted by Crippen LogP contribution is -2.58. The van der Waals surface area contributed by atoms with E-state index in [4.69, 9.17) is 21.1 Å². The number of hydrogen-bond donors (Lipinski definition) is 3. The zero-order valence-electron chi connectivity index (χ0n) is 29.2. The van der Waals surface area contributed by atoms with E-state index in [1.165, 1.54) is 24.3 Å². The van der Waals surface area contributed by atoms with E-state index in [0.717, 1.165) is 5.69 Å². The highest BCUT2D eigenvalue weighted by atomic mass is 35.5. The smallest absolute Gasteiger partial charge is 0.259 e. The number of nitrogens with one attached hydrogen (secondary N) is 3. The van der Waals surface area contributed by atoms with Crippen LogP contribution in [0.3, 0.4) is 0 Å². The van der Waals surface area contributed by atoms with Gasteiger partial charge in [-0.1, -0.05) is 38.4 Å². The van der Waals surface area contributed by atoms with Crippen LogP contribution in [0, 0.1) is 18.3 Å². The molecular formula is C36H43ClN6O7S. The molecule has 0 spiro atoms. The van der Waals surface area contributed by atoms with Crippen molar-refractivity contribution in [2.45, 2.75) is 82.4 Å². The largest absolute Gasteiger partial charge is 0.494 e. The molecular weight excluding hydrogens is 696 g/mol. The van der Waals surface area contributed by atoms with Crippen LogP contribution in [-0.4, -0.2) is 83.6 Å². The number of rotatable bonds is 12. The lowest BCUT2D eigenvalue weighted by molar-refractivity contribution is -0.141. The van der Waals surface area contributed by atoms with Gasteiger partial charge in [-0.15, -0.1) is 6.58 Å². The molecule has 3 aromatic rings. The molecule has 3 N–H and O–H groups in total. The first-order valence-electron chi connectivity index (χ1n) is 16.9. The normalized spacial score (nSPS) is 23.6. The summed E-state index contributed by atoms with van der Waals surface area (Å²) in [6.07, 6.45) is 5.19. The van der Waals surface area contributed by atoms with Gasteiger partial charge in [-0.05, 0) is 61.9 Å². The molecule has 0 bridgehead atoms. The number of ether oxygens (including phenoxy) is 2. The van der Waals surface area contributed by atoms with Crippen molar-refractivity contribution < 1.29 is 32.3 Å². The SMILES string of the molecule is C=C[C@@H]1C[C@]1(NC(=O)[C@@H]1C[C@@H](Oc2ncc(OC)c3ccc(Cl)cc23)CN1C(=O)[C@@H](Nc1ccc(C)nc1)C(C)(C)C)C(=O)NS(=O)(=O)C1CC1. The molecule has 3 heterocycles. The van der Waals surface area contributed by atoms with Gasteiger partial charge in [0.1, 0.15) is 29.5 Å². The quantitative estimate of drug-likeness (QED) is 0.230. The topological polar surface area (TPSA) is 169 Å². The van der Waals surface area contributed by atoms with Crippen LogP contribution in [-0.2, 0) is 24.4 Å². The number of amides is 3. The second-order valence-corrected chi connectivity index (χ2v) is 17.0. The molecule has 51 heavy (non-hydrogen) atoms. The van der Waals surface area contributed by atoms with Gasteiger partial charge in [0, 0.05) is 33.8 Å². The third-order valence-corrected chi connectivity index (χ3v) is 11.8. The number of anilines is 1. The van der Waals surface area contributed by atoms with Gasteiger partial charge in [0.25, 0.3) is 5.91 Å². The molecule has 15 heteroatoms. The van der Waals surface area contributed by atoms with Crippen molar-refractivity contribution in [3.8, 4) is 11.6 Å². The van der Waals surface area contributed by atoms with Crippen LogP contribution in [0.4, 0.5) is 5.69 Å². The highest BCUT2D eigenvalue weighted by Gasteiger charge is 2.62. The maximum atomic E-state index is 14.6. The predicted octanol–water partition coefficient (Wildman–Crippen LogP) is 4.14. The number of halogens is 1. The summed E-state index contributed by atoms with van der Waals surface area (Å²) in [5, 5.41) is 7.29. The van der Waals surface area contributed by atoms with Crippen molar-refractivity contribution in [3.05, 3.63) is 66.1 Å². The highest BCUT2D eigenvalue weighted by Crippen LogP contribution is 2.46. The Labute approximate surface area is 302 Å². The van der Waals surface area contributed by atoms with Crippen LogP contribution in [0.2, 0.25) is 5.02 Å². The minimum Gasteiger partial charge on any atom is -0.494 e. The lowest BCUT2D eigenvalue weighted by atomic mass is 9.85. The molecule has 1 aromatic carbocycles. The summed E-state index contributed by atoms with van der Waals surface area (Å²) in [5.41, 5.74) is -0.687. The van der Waals surface area contributed by atoms with Gasteiger partial charge in [-0.25, -0.2) is 13.4 Å². The summed E-state index contributed by atoms with van der Waals surface area (Å²) in [5.74, 6) is -1.52. The molecule has 5 atom stereocenters. The van der Waals surface area contributed by atoms with Crippen molar-refractivity contribution in [2.75, 3.05) is 19.0 Å². The molecule has 6 rings (SSSR count). The van der Waals surface area contributed by atoms with Crippen molar-refractivity contribution >= 4 is 55.8 Å². The van der Waals surface area contributed by atoms with Gasteiger partial charge >= 0.3 is 0 Å². The monoisotopic (exact) mass is 738 g/mol. The van der Waals surface area contributed by atoms with E-state index in [-0.39, 0.29) is 31.2 Å². The number of benzene rings is 1. The fourth-order valence-corrected chi connectivity index (χ4v) is 8.04. The lowest BCUT2D eigenvalue weighted by Gasteiger charge is -2.36. The summed E-state index contributed by atoms with van der Waals surface area (Å²) < 4.78 is 39.5. The van der Waals surface area contributed by atoms with Gasteiger partial charge < -0.3 is 25.0 Å².